The zero-order valence-electron chi connectivity index (χ0n) is 16.8. The van der Waals surface area contributed by atoms with E-state index in [0.29, 0.717) is 12.5 Å². The Kier molecular flexibility index (Phi) is 6.54. The molecule has 0 bridgehead atoms. The Morgan fingerprint density at radius 1 is 1.07 bits per heavy atom. The van der Waals surface area contributed by atoms with E-state index in [1.165, 1.54) is 30.6 Å². The van der Waals surface area contributed by atoms with Crippen molar-refractivity contribution in [3.8, 4) is 5.75 Å². The highest BCUT2D eigenvalue weighted by atomic mass is 32.1. The van der Waals surface area contributed by atoms with Crippen molar-refractivity contribution in [2.45, 2.75) is 31.8 Å². The van der Waals surface area contributed by atoms with E-state index in [2.05, 4.69) is 20.4 Å². The first-order chi connectivity index (χ1) is 14.6. The van der Waals surface area contributed by atoms with Gasteiger partial charge in [0.15, 0.2) is 11.6 Å². The van der Waals surface area contributed by atoms with E-state index >= 15 is 0 Å². The number of nitrogens with zero attached hydrogens (tertiary/aromatic N) is 3. The predicted molar refractivity (Wildman–Crippen MR) is 114 cm³/mol. The second-order valence-corrected chi connectivity index (χ2v) is 8.53. The smallest absolute Gasteiger partial charge is 0.205 e. The minimum Gasteiger partial charge on any atom is -0.494 e. The number of methoxy groups -OCH3 is 1. The van der Waals surface area contributed by atoms with Gasteiger partial charge in [0.25, 0.3) is 0 Å². The quantitative estimate of drug-likeness (QED) is 0.599. The number of nitrogens with one attached hydrogen (secondary N) is 1. The lowest BCUT2D eigenvalue weighted by atomic mass is 10.0. The number of piperidine rings is 1. The summed E-state index contributed by atoms with van der Waals surface area (Å²) in [7, 11) is 1.47. The van der Waals surface area contributed by atoms with Crippen LogP contribution in [0, 0.1) is 11.6 Å². The Labute approximate surface area is 178 Å². The molecule has 1 N–H and O–H groups in total. The second-order valence-electron chi connectivity index (χ2n) is 7.47. The molecule has 5 nitrogen and oxygen atoms in total. The minimum atomic E-state index is -0.320. The molecule has 30 heavy (non-hydrogen) atoms. The molecule has 1 aliphatic heterocycles. The number of benzene rings is 2. The van der Waals surface area contributed by atoms with Crippen molar-refractivity contribution in [1.82, 2.24) is 15.1 Å². The number of rotatable bonds is 7. The predicted octanol–water partition coefficient (Wildman–Crippen LogP) is 4.49. The topological polar surface area (TPSA) is 50.3 Å². The van der Waals surface area contributed by atoms with Crippen LogP contribution in [0.5, 0.6) is 5.75 Å². The monoisotopic (exact) mass is 430 g/mol. The average molecular weight is 431 g/mol. The molecular weight excluding hydrogens is 406 g/mol. The Hall–Kier alpha value is -2.58. The average Bonchev–Trinajstić information content (AvgIpc) is 3.18. The number of hydrogen-bond donors (Lipinski definition) is 1. The van der Waals surface area contributed by atoms with Crippen molar-refractivity contribution in [2.75, 3.05) is 25.5 Å². The maximum absolute atomic E-state index is 13.9. The van der Waals surface area contributed by atoms with E-state index in [4.69, 9.17) is 4.74 Å². The van der Waals surface area contributed by atoms with Crippen LogP contribution in [0.25, 0.3) is 0 Å². The van der Waals surface area contributed by atoms with Crippen molar-refractivity contribution in [2.24, 2.45) is 0 Å². The third kappa shape index (κ3) is 5.31. The maximum Gasteiger partial charge on any atom is 0.205 e. The molecule has 1 fully saturated rings. The summed E-state index contributed by atoms with van der Waals surface area (Å²) in [4.78, 5) is 2.33. The van der Waals surface area contributed by atoms with Gasteiger partial charge in [0.05, 0.1) is 7.11 Å². The lowest BCUT2D eigenvalue weighted by Crippen LogP contribution is -2.38. The zero-order valence-corrected chi connectivity index (χ0v) is 17.6. The molecule has 1 aliphatic rings. The Morgan fingerprint density at radius 3 is 2.50 bits per heavy atom. The van der Waals surface area contributed by atoms with Crippen LogP contribution in [0.3, 0.4) is 0 Å². The summed E-state index contributed by atoms with van der Waals surface area (Å²) in [5.41, 5.74) is 1.97. The molecule has 0 saturated carbocycles. The van der Waals surface area contributed by atoms with E-state index in [0.717, 1.165) is 53.7 Å². The first-order valence-electron chi connectivity index (χ1n) is 9.97. The molecule has 0 unspecified atom stereocenters. The standard InChI is InChI=1S/C22H24F2N4OS/c1-29-20-7-4-16(12-19(20)24)14-28-10-8-18(9-11-28)25-22-27-26-21(30-22)13-15-2-5-17(23)6-3-15/h2-7,12,18H,8-11,13-14H2,1H3,(H,25,27). The highest BCUT2D eigenvalue weighted by Crippen LogP contribution is 2.24. The Bertz CT molecular complexity index is 972. The van der Waals surface area contributed by atoms with Gasteiger partial charge >= 0.3 is 0 Å². The fraction of sp³-hybridized carbons (Fsp3) is 0.364. The summed E-state index contributed by atoms with van der Waals surface area (Å²) in [6, 6.07) is 12.0. The molecule has 0 radical (unpaired) electrons. The van der Waals surface area contributed by atoms with E-state index in [-0.39, 0.29) is 17.4 Å². The molecule has 1 saturated heterocycles. The number of ether oxygens (including phenoxy) is 1. The van der Waals surface area contributed by atoms with Gasteiger partial charge in [0.2, 0.25) is 5.13 Å². The third-order valence-corrected chi connectivity index (χ3v) is 6.13. The van der Waals surface area contributed by atoms with E-state index < -0.39 is 0 Å². The molecule has 2 aromatic carbocycles. The number of aromatic nitrogens is 2. The lowest BCUT2D eigenvalue weighted by molar-refractivity contribution is 0.211. The van der Waals surface area contributed by atoms with Crippen LogP contribution in [0.4, 0.5) is 13.9 Å². The molecule has 1 aromatic heterocycles. The van der Waals surface area contributed by atoms with Crippen molar-refractivity contribution < 1.29 is 13.5 Å². The fourth-order valence-electron chi connectivity index (χ4n) is 3.64. The Balaban J connectivity index is 1.25. The van der Waals surface area contributed by atoms with Gasteiger partial charge in [0, 0.05) is 32.1 Å². The van der Waals surface area contributed by atoms with Crippen LogP contribution in [0.1, 0.15) is 29.0 Å². The first-order valence-corrected chi connectivity index (χ1v) is 10.8. The number of likely N-dealkylation sites (tertiary alicyclic amines) is 1. The van der Waals surface area contributed by atoms with E-state index in [1.54, 1.807) is 24.3 Å². The number of anilines is 1. The Morgan fingerprint density at radius 2 is 1.80 bits per heavy atom. The van der Waals surface area contributed by atoms with Crippen LogP contribution in [0.2, 0.25) is 0 Å². The minimum absolute atomic E-state index is 0.234. The van der Waals surface area contributed by atoms with Gasteiger partial charge in [-0.25, -0.2) is 8.78 Å². The number of halogens is 2. The summed E-state index contributed by atoms with van der Waals surface area (Å²) < 4.78 is 31.9. The molecular formula is C22H24F2N4OS. The normalized spacial score (nSPS) is 15.3. The molecule has 4 rings (SSSR count). The molecule has 3 aromatic rings. The summed E-state index contributed by atoms with van der Waals surface area (Å²) in [5, 5.41) is 13.7. The van der Waals surface area contributed by atoms with Crippen LogP contribution < -0.4 is 10.1 Å². The molecule has 0 spiro atoms. The van der Waals surface area contributed by atoms with Crippen molar-refractivity contribution in [3.63, 3.8) is 0 Å². The molecule has 0 aliphatic carbocycles. The SMILES string of the molecule is COc1ccc(CN2CCC(Nc3nnc(Cc4ccc(F)cc4)s3)CC2)cc1F. The van der Waals surface area contributed by atoms with Crippen molar-refractivity contribution in [1.29, 1.82) is 0 Å². The first kappa shape index (κ1) is 20.7. The van der Waals surface area contributed by atoms with Gasteiger partial charge in [-0.2, -0.15) is 0 Å². The van der Waals surface area contributed by atoms with Crippen LogP contribution in [-0.2, 0) is 13.0 Å². The second kappa shape index (κ2) is 9.49. The van der Waals surface area contributed by atoms with E-state index in [9.17, 15) is 8.78 Å². The van der Waals surface area contributed by atoms with Gasteiger partial charge in [-0.1, -0.05) is 29.5 Å². The summed E-state index contributed by atoms with van der Waals surface area (Å²) >= 11 is 1.54. The summed E-state index contributed by atoms with van der Waals surface area (Å²) in [6.07, 6.45) is 2.63. The van der Waals surface area contributed by atoms with Crippen molar-refractivity contribution >= 4 is 16.5 Å². The van der Waals surface area contributed by atoms with Gasteiger partial charge in [-0.3, -0.25) is 4.90 Å². The lowest BCUT2D eigenvalue weighted by Gasteiger charge is -2.32. The van der Waals surface area contributed by atoms with Crippen molar-refractivity contribution in [3.05, 3.63) is 70.2 Å². The molecule has 8 heteroatoms. The van der Waals surface area contributed by atoms with Crippen LogP contribution >= 0.6 is 11.3 Å². The van der Waals surface area contributed by atoms with E-state index in [1.807, 2.05) is 6.07 Å². The largest absolute Gasteiger partial charge is 0.494 e. The highest BCUT2D eigenvalue weighted by molar-refractivity contribution is 7.15. The van der Waals surface area contributed by atoms with Crippen LogP contribution in [0.15, 0.2) is 42.5 Å². The van der Waals surface area contributed by atoms with Crippen LogP contribution in [-0.4, -0.2) is 41.3 Å². The summed E-state index contributed by atoms with van der Waals surface area (Å²) in [6.45, 7) is 2.60. The third-order valence-electron chi connectivity index (χ3n) is 5.27. The summed E-state index contributed by atoms with van der Waals surface area (Å²) in [5.74, 6) is -0.279. The molecule has 0 amide bonds. The molecule has 0 atom stereocenters. The van der Waals surface area contributed by atoms with Gasteiger partial charge in [-0.15, -0.1) is 10.2 Å². The number of hydrogen-bond acceptors (Lipinski definition) is 6. The molecule has 158 valence electrons. The van der Waals surface area contributed by atoms with Gasteiger partial charge in [-0.05, 0) is 48.2 Å². The van der Waals surface area contributed by atoms with Gasteiger partial charge < -0.3 is 10.1 Å². The maximum atomic E-state index is 13.9. The molecule has 2 heterocycles. The zero-order chi connectivity index (χ0) is 20.9. The highest BCUT2D eigenvalue weighted by Gasteiger charge is 2.20. The fourth-order valence-corrected chi connectivity index (χ4v) is 4.49. The van der Waals surface area contributed by atoms with Gasteiger partial charge in [0.1, 0.15) is 10.8 Å².